The molecule has 0 amide bonds. The Bertz CT molecular complexity index is 2430. The van der Waals surface area contributed by atoms with Gasteiger partial charge in [-0.2, -0.15) is 0 Å². The van der Waals surface area contributed by atoms with Crippen LogP contribution in [0.25, 0.3) is 21.9 Å². The van der Waals surface area contributed by atoms with E-state index in [4.69, 9.17) is 0 Å². The van der Waals surface area contributed by atoms with Gasteiger partial charge in [0.25, 0.3) is 0 Å². The lowest BCUT2D eigenvalue weighted by molar-refractivity contribution is -0.259. The first-order valence-corrected chi connectivity index (χ1v) is 20.7. The van der Waals surface area contributed by atoms with E-state index in [-0.39, 0.29) is 16.2 Å². The van der Waals surface area contributed by atoms with Crippen molar-refractivity contribution in [3.63, 3.8) is 0 Å². The highest BCUT2D eigenvalue weighted by Crippen LogP contribution is 2.90. The third-order valence-corrected chi connectivity index (χ3v) is 16.7. The summed E-state index contributed by atoms with van der Waals surface area (Å²) in [4.78, 5) is 2.64. The molecule has 0 N–H and O–H groups in total. The molecule has 0 aromatic heterocycles. The van der Waals surface area contributed by atoms with E-state index >= 15 is 0 Å². The van der Waals surface area contributed by atoms with Crippen molar-refractivity contribution in [3.8, 4) is 11.1 Å². The van der Waals surface area contributed by atoms with Crippen LogP contribution in [0.2, 0.25) is 0 Å². The second-order valence-corrected chi connectivity index (χ2v) is 19.6. The average Bonchev–Trinajstić information content (AvgIpc) is 3.80. The van der Waals surface area contributed by atoms with Gasteiger partial charge in [-0.05, 0) is 165 Å². The van der Waals surface area contributed by atoms with Crippen LogP contribution in [0.5, 0.6) is 0 Å². The van der Waals surface area contributed by atoms with Crippen LogP contribution in [-0.2, 0) is 16.2 Å². The Morgan fingerprint density at radius 2 is 1.36 bits per heavy atom. The summed E-state index contributed by atoms with van der Waals surface area (Å²) in [5, 5.41) is 2.60. The quantitative estimate of drug-likeness (QED) is 0.182. The van der Waals surface area contributed by atoms with Crippen LogP contribution in [0.1, 0.15) is 94.4 Å². The molecule has 5 aromatic carbocycles. The number of anilines is 3. The number of hydrogen-bond acceptors (Lipinski definition) is 1. The van der Waals surface area contributed by atoms with Gasteiger partial charge in [-0.25, -0.2) is 0 Å². The van der Waals surface area contributed by atoms with Gasteiger partial charge in [0.2, 0.25) is 0 Å². The smallest absolute Gasteiger partial charge is 0.0543 e. The zero-order valence-corrected chi connectivity index (χ0v) is 31.8. The number of rotatable bonds is 4. The fourth-order valence-corrected chi connectivity index (χ4v) is 14.4. The van der Waals surface area contributed by atoms with Gasteiger partial charge in [0.05, 0.1) is 5.69 Å². The molecule has 0 heterocycles. The lowest BCUT2D eigenvalue weighted by atomic mass is 9.26. The second-order valence-electron chi connectivity index (χ2n) is 19.6. The zero-order valence-electron chi connectivity index (χ0n) is 31.8. The maximum Gasteiger partial charge on any atom is 0.0543 e. The predicted octanol–water partition coefficient (Wildman–Crippen LogP) is 13.5. The van der Waals surface area contributed by atoms with Gasteiger partial charge >= 0.3 is 0 Å². The molecule has 4 saturated carbocycles. The highest BCUT2D eigenvalue weighted by molar-refractivity contribution is 5.94. The van der Waals surface area contributed by atoms with Crippen LogP contribution in [0, 0.1) is 35.0 Å². The topological polar surface area (TPSA) is 3.24 Å². The zero-order chi connectivity index (χ0) is 35.5. The van der Waals surface area contributed by atoms with Gasteiger partial charge in [0, 0.05) is 28.3 Å². The summed E-state index contributed by atoms with van der Waals surface area (Å²) in [6, 6.07) is 40.3. The molecule has 1 heteroatoms. The van der Waals surface area contributed by atoms with Crippen LogP contribution < -0.4 is 4.90 Å². The Morgan fingerprint density at radius 1 is 0.604 bits per heavy atom. The molecule has 7 aliphatic carbocycles. The fourth-order valence-electron chi connectivity index (χ4n) is 14.4. The third kappa shape index (κ3) is 3.80. The van der Waals surface area contributed by atoms with Crippen molar-refractivity contribution in [3.05, 3.63) is 150 Å². The molecular formula is C52H51N. The van der Waals surface area contributed by atoms with E-state index in [2.05, 4.69) is 160 Å². The van der Waals surface area contributed by atoms with Gasteiger partial charge in [-0.1, -0.05) is 113 Å². The van der Waals surface area contributed by atoms with Crippen molar-refractivity contribution in [1.82, 2.24) is 0 Å². The van der Waals surface area contributed by atoms with Gasteiger partial charge in [-0.3, -0.25) is 0 Å². The molecule has 12 rings (SSSR count). The Kier molecular flexibility index (Phi) is 5.99. The van der Waals surface area contributed by atoms with Crippen molar-refractivity contribution in [2.45, 2.75) is 88.4 Å². The summed E-state index contributed by atoms with van der Waals surface area (Å²) in [6.07, 6.45) is 18.3. The van der Waals surface area contributed by atoms with Gasteiger partial charge in [-0.15, -0.1) is 0 Å². The Morgan fingerprint density at radius 3 is 2.19 bits per heavy atom. The third-order valence-electron chi connectivity index (χ3n) is 16.7. The molecule has 5 aromatic rings. The number of fused-ring (bicyclic) bond motifs is 10. The fraction of sp³-hybridized carbons (Fsp3) is 0.385. The summed E-state index contributed by atoms with van der Waals surface area (Å²) in [6.45, 7) is 9.82. The van der Waals surface area contributed by atoms with Crippen LogP contribution >= 0.6 is 0 Å². The van der Waals surface area contributed by atoms with E-state index in [1.54, 1.807) is 11.1 Å². The lowest BCUT2D eigenvalue weighted by Crippen LogP contribution is -2.75. The molecule has 0 saturated heterocycles. The normalized spacial score (nSPS) is 33.9. The molecule has 1 nitrogen and oxygen atoms in total. The van der Waals surface area contributed by atoms with Crippen molar-refractivity contribution < 1.29 is 0 Å². The average molecular weight is 690 g/mol. The SMILES string of the molecule is CC1(C)CCC(C)(C)c2cc(N(c3ccccc3)c3cc4c(cc3-c3ccc5ccccc5c3)C3C=CC=CC3C43C4CC5CC6CC3C64C5)ccc21. The van der Waals surface area contributed by atoms with Crippen molar-refractivity contribution in [2.24, 2.45) is 35.0 Å². The Balaban J connectivity index is 1.14. The van der Waals surface area contributed by atoms with E-state index < -0.39 is 0 Å². The second kappa shape index (κ2) is 10.2. The summed E-state index contributed by atoms with van der Waals surface area (Å²) in [5.41, 5.74) is 14.0. The molecule has 0 aliphatic heterocycles. The van der Waals surface area contributed by atoms with Crippen LogP contribution in [0.15, 0.2) is 127 Å². The first kappa shape index (κ1) is 31.0. The standard InChI is InChI=1S/C52H51N/c1-49(2)22-23-50(3,4)45-28-38(20-21-43(45)49)53(37-14-6-5-7-15-37)46-30-44-41(29-40(46)35-19-18-33-12-8-9-13-34(33)26-35)39-16-10-11-17-42(39)52(44)47-25-32-24-36-27-48(52)51(36,47)31-32/h5-21,26,28-30,32,36,39,42,47-48H,22-25,27,31H2,1-4H3. The molecule has 4 fully saturated rings. The van der Waals surface area contributed by atoms with Crippen molar-refractivity contribution in [2.75, 3.05) is 4.90 Å². The molecule has 2 bridgehead atoms. The largest absolute Gasteiger partial charge is 0.310 e. The van der Waals surface area contributed by atoms with Crippen molar-refractivity contribution in [1.29, 1.82) is 0 Å². The molecule has 8 unspecified atom stereocenters. The predicted molar refractivity (Wildman–Crippen MR) is 220 cm³/mol. The summed E-state index contributed by atoms with van der Waals surface area (Å²) < 4.78 is 0. The monoisotopic (exact) mass is 689 g/mol. The lowest BCUT2D eigenvalue weighted by Gasteiger charge is -2.78. The van der Waals surface area contributed by atoms with E-state index in [1.807, 2.05) is 0 Å². The van der Waals surface area contributed by atoms with E-state index in [1.165, 1.54) is 88.6 Å². The molecule has 7 aliphatic rings. The van der Waals surface area contributed by atoms with E-state index in [9.17, 15) is 0 Å². The highest BCUT2D eigenvalue weighted by Gasteiger charge is 2.85. The number of para-hydroxylation sites is 1. The summed E-state index contributed by atoms with van der Waals surface area (Å²) >= 11 is 0. The van der Waals surface area contributed by atoms with Gasteiger partial charge in [0.1, 0.15) is 0 Å². The first-order chi connectivity index (χ1) is 25.7. The van der Waals surface area contributed by atoms with Gasteiger partial charge in [0.15, 0.2) is 0 Å². The maximum atomic E-state index is 2.76. The minimum Gasteiger partial charge on any atom is -0.310 e. The van der Waals surface area contributed by atoms with Crippen LogP contribution in [0.4, 0.5) is 17.1 Å². The van der Waals surface area contributed by atoms with Gasteiger partial charge < -0.3 is 4.90 Å². The number of nitrogens with zero attached hydrogens (tertiary/aromatic N) is 1. The molecule has 53 heavy (non-hydrogen) atoms. The summed E-state index contributed by atoms with van der Waals surface area (Å²) in [5.74, 6) is 4.64. The van der Waals surface area contributed by atoms with E-state index in [0.717, 1.165) is 23.7 Å². The Hall–Kier alpha value is -4.36. The molecule has 2 spiro atoms. The molecule has 0 radical (unpaired) electrons. The van der Waals surface area contributed by atoms with Crippen LogP contribution in [-0.4, -0.2) is 0 Å². The van der Waals surface area contributed by atoms with Crippen molar-refractivity contribution >= 4 is 27.8 Å². The Labute approximate surface area is 315 Å². The minimum atomic E-state index is 0.129. The highest BCUT2D eigenvalue weighted by atomic mass is 15.1. The maximum absolute atomic E-state index is 2.76. The van der Waals surface area contributed by atoms with Crippen LogP contribution in [0.3, 0.4) is 0 Å². The molecule has 8 atom stereocenters. The summed E-state index contributed by atoms with van der Waals surface area (Å²) in [7, 11) is 0. The first-order valence-electron chi connectivity index (χ1n) is 20.7. The minimum absolute atomic E-state index is 0.129. The molecular weight excluding hydrogens is 639 g/mol. The number of benzene rings is 5. The number of allylic oxidation sites excluding steroid dienone is 4. The number of hydrogen-bond donors (Lipinski definition) is 0. The van der Waals surface area contributed by atoms with E-state index in [0.29, 0.717) is 17.3 Å². The molecule has 264 valence electrons.